The summed E-state index contributed by atoms with van der Waals surface area (Å²) in [7, 11) is 0. The van der Waals surface area contributed by atoms with Gasteiger partial charge in [-0.05, 0) is 36.4 Å². The topological polar surface area (TPSA) is 100.0 Å². The zero-order chi connectivity index (χ0) is 20.1. The number of Topliss-reactive ketones (excluding diaryl/α,β-unsaturated/α-hetero) is 1. The fourth-order valence-electron chi connectivity index (χ4n) is 3.05. The van der Waals surface area contributed by atoms with Gasteiger partial charge in [-0.25, -0.2) is 4.39 Å². The number of aliphatic hydroxyl groups is 2. The number of hydrogen-bond donors (Lipinski definition) is 2. The van der Waals surface area contributed by atoms with Crippen LogP contribution in [-0.2, 0) is 14.3 Å². The van der Waals surface area contributed by atoms with E-state index in [1.807, 2.05) is 0 Å². The summed E-state index contributed by atoms with van der Waals surface area (Å²) in [5.74, 6) is -2.52. The summed E-state index contributed by atoms with van der Waals surface area (Å²) in [4.78, 5) is 30.8. The van der Waals surface area contributed by atoms with E-state index in [0.717, 1.165) is 12.1 Å². The standard InChI is InChI=1S/C20H19FN2O5/c21-14-6-4-13(5-7-14)18(25)16-17(15-3-1-2-8-22-15)23(20(27)19(16)26)9-11-28-12-10-24/h1-8,17,24-25H,9-12H2/t17-/m1/s1. The first kappa shape index (κ1) is 19.7. The number of hydrogen-bond acceptors (Lipinski definition) is 6. The number of rotatable bonds is 7. The lowest BCUT2D eigenvalue weighted by atomic mass is 9.98. The van der Waals surface area contributed by atoms with Gasteiger partial charge in [-0.3, -0.25) is 14.6 Å². The van der Waals surface area contributed by atoms with Crippen LogP contribution in [0, 0.1) is 5.82 Å². The Balaban J connectivity index is 2.03. The first-order valence-electron chi connectivity index (χ1n) is 8.68. The molecule has 3 rings (SSSR count). The monoisotopic (exact) mass is 386 g/mol. The van der Waals surface area contributed by atoms with Crippen molar-refractivity contribution in [3.63, 3.8) is 0 Å². The Hall–Kier alpha value is -3.10. The van der Waals surface area contributed by atoms with E-state index in [4.69, 9.17) is 9.84 Å². The van der Waals surface area contributed by atoms with Crippen LogP contribution in [0.25, 0.3) is 5.76 Å². The van der Waals surface area contributed by atoms with Crippen molar-refractivity contribution in [3.8, 4) is 0 Å². The molecular weight excluding hydrogens is 367 g/mol. The fraction of sp³-hybridized carbons (Fsp3) is 0.250. The molecule has 0 aliphatic carbocycles. The van der Waals surface area contributed by atoms with Gasteiger partial charge in [-0.15, -0.1) is 0 Å². The predicted molar refractivity (Wildman–Crippen MR) is 97.6 cm³/mol. The van der Waals surface area contributed by atoms with Crippen LogP contribution in [0.4, 0.5) is 4.39 Å². The molecule has 0 unspecified atom stereocenters. The molecule has 146 valence electrons. The number of aromatic nitrogens is 1. The predicted octanol–water partition coefficient (Wildman–Crippen LogP) is 1.65. The number of benzene rings is 1. The maximum atomic E-state index is 13.2. The quantitative estimate of drug-likeness (QED) is 0.325. The van der Waals surface area contributed by atoms with Crippen molar-refractivity contribution in [2.24, 2.45) is 0 Å². The summed E-state index contributed by atoms with van der Waals surface area (Å²) in [6.45, 7) is 0.125. The van der Waals surface area contributed by atoms with Gasteiger partial charge >= 0.3 is 0 Å². The number of likely N-dealkylation sites (tertiary alicyclic amines) is 1. The van der Waals surface area contributed by atoms with Gasteiger partial charge in [-0.2, -0.15) is 0 Å². The van der Waals surface area contributed by atoms with Crippen LogP contribution in [0.2, 0.25) is 0 Å². The molecule has 1 aromatic heterocycles. The Kier molecular flexibility index (Phi) is 6.13. The zero-order valence-corrected chi connectivity index (χ0v) is 14.9. The lowest BCUT2D eigenvalue weighted by molar-refractivity contribution is -0.140. The van der Waals surface area contributed by atoms with Crippen LogP contribution in [0.3, 0.4) is 0 Å². The number of carbonyl (C=O) groups is 2. The first-order chi connectivity index (χ1) is 13.5. The molecule has 2 N–H and O–H groups in total. The van der Waals surface area contributed by atoms with E-state index in [9.17, 15) is 19.1 Å². The highest BCUT2D eigenvalue weighted by molar-refractivity contribution is 6.46. The molecule has 1 amide bonds. The van der Waals surface area contributed by atoms with Crippen molar-refractivity contribution < 1.29 is 28.9 Å². The van der Waals surface area contributed by atoms with E-state index in [1.54, 1.807) is 18.2 Å². The van der Waals surface area contributed by atoms with Gasteiger partial charge in [0.2, 0.25) is 0 Å². The molecule has 1 fully saturated rings. The minimum Gasteiger partial charge on any atom is -0.507 e. The van der Waals surface area contributed by atoms with Gasteiger partial charge in [0.15, 0.2) is 0 Å². The summed E-state index contributed by atoms with van der Waals surface area (Å²) in [6, 6.07) is 9.13. The molecular formula is C20H19FN2O5. The van der Waals surface area contributed by atoms with Crippen LogP contribution in [0.1, 0.15) is 17.3 Å². The van der Waals surface area contributed by atoms with Crippen molar-refractivity contribution in [2.45, 2.75) is 6.04 Å². The third kappa shape index (κ3) is 3.92. The number of nitrogens with zero attached hydrogens (tertiary/aromatic N) is 2. The Labute approximate surface area is 160 Å². The van der Waals surface area contributed by atoms with E-state index in [2.05, 4.69) is 4.98 Å². The molecule has 1 atom stereocenters. The second-order valence-corrected chi connectivity index (χ2v) is 6.09. The molecule has 1 aliphatic rings. The highest BCUT2D eigenvalue weighted by Gasteiger charge is 2.46. The van der Waals surface area contributed by atoms with E-state index in [1.165, 1.54) is 23.2 Å². The van der Waals surface area contributed by atoms with Gasteiger partial charge < -0.3 is 19.8 Å². The van der Waals surface area contributed by atoms with Crippen molar-refractivity contribution in [3.05, 3.63) is 71.3 Å². The fourth-order valence-corrected chi connectivity index (χ4v) is 3.05. The lowest BCUT2D eigenvalue weighted by Crippen LogP contribution is -2.33. The van der Waals surface area contributed by atoms with Crippen molar-refractivity contribution in [1.82, 2.24) is 9.88 Å². The van der Waals surface area contributed by atoms with E-state index >= 15 is 0 Å². The molecule has 0 spiro atoms. The molecule has 2 aromatic rings. The molecule has 1 aromatic carbocycles. The highest BCUT2D eigenvalue weighted by Crippen LogP contribution is 2.38. The highest BCUT2D eigenvalue weighted by atomic mass is 19.1. The first-order valence-corrected chi connectivity index (χ1v) is 8.68. The largest absolute Gasteiger partial charge is 0.507 e. The average Bonchev–Trinajstić information content (AvgIpc) is 2.97. The Morgan fingerprint density at radius 1 is 1.14 bits per heavy atom. The summed E-state index contributed by atoms with van der Waals surface area (Å²) in [5, 5.41) is 19.5. The molecule has 2 heterocycles. The minimum atomic E-state index is -0.899. The smallest absolute Gasteiger partial charge is 0.295 e. The second-order valence-electron chi connectivity index (χ2n) is 6.09. The molecule has 8 heteroatoms. The molecule has 28 heavy (non-hydrogen) atoms. The Bertz CT molecular complexity index is 883. The van der Waals surface area contributed by atoms with Crippen molar-refractivity contribution in [1.29, 1.82) is 0 Å². The molecule has 1 saturated heterocycles. The number of amides is 1. The third-order valence-corrected chi connectivity index (χ3v) is 4.34. The maximum Gasteiger partial charge on any atom is 0.295 e. The molecule has 7 nitrogen and oxygen atoms in total. The second kappa shape index (κ2) is 8.73. The third-order valence-electron chi connectivity index (χ3n) is 4.34. The van der Waals surface area contributed by atoms with Crippen molar-refractivity contribution >= 4 is 17.4 Å². The van der Waals surface area contributed by atoms with Crippen LogP contribution < -0.4 is 0 Å². The number of aliphatic hydroxyl groups excluding tert-OH is 2. The van der Waals surface area contributed by atoms with E-state index in [-0.39, 0.29) is 37.5 Å². The normalized spacial score (nSPS) is 18.6. The van der Waals surface area contributed by atoms with Gasteiger partial charge in [0.1, 0.15) is 17.6 Å². The van der Waals surface area contributed by atoms with Crippen LogP contribution in [0.5, 0.6) is 0 Å². The van der Waals surface area contributed by atoms with Gasteiger partial charge in [0, 0.05) is 18.3 Å². The zero-order valence-electron chi connectivity index (χ0n) is 14.9. The minimum absolute atomic E-state index is 0.0754. The van der Waals surface area contributed by atoms with Crippen LogP contribution >= 0.6 is 0 Å². The molecule has 0 saturated carbocycles. The average molecular weight is 386 g/mol. The molecule has 0 bridgehead atoms. The summed E-state index contributed by atoms with van der Waals surface area (Å²) in [5.41, 5.74) is 0.516. The maximum absolute atomic E-state index is 13.2. The van der Waals surface area contributed by atoms with Gasteiger partial charge in [0.25, 0.3) is 11.7 Å². The van der Waals surface area contributed by atoms with Crippen molar-refractivity contribution in [2.75, 3.05) is 26.4 Å². The SMILES string of the molecule is O=C1C(=O)N(CCOCCO)[C@H](c2ccccn2)C1=C(O)c1ccc(F)cc1. The summed E-state index contributed by atoms with van der Waals surface area (Å²) >= 11 is 0. The number of halogens is 1. The number of ketones is 1. The summed E-state index contributed by atoms with van der Waals surface area (Å²) < 4.78 is 18.4. The lowest BCUT2D eigenvalue weighted by Gasteiger charge is -2.24. The molecule has 0 radical (unpaired) electrons. The van der Waals surface area contributed by atoms with E-state index in [0.29, 0.717) is 5.69 Å². The molecule has 1 aliphatic heterocycles. The number of ether oxygens (including phenoxy) is 1. The van der Waals surface area contributed by atoms with Crippen LogP contribution in [-0.4, -0.2) is 58.2 Å². The van der Waals surface area contributed by atoms with Gasteiger partial charge in [-0.1, -0.05) is 6.07 Å². The van der Waals surface area contributed by atoms with E-state index < -0.39 is 29.3 Å². The Morgan fingerprint density at radius 2 is 1.89 bits per heavy atom. The summed E-state index contributed by atoms with van der Waals surface area (Å²) in [6.07, 6.45) is 1.52. The van der Waals surface area contributed by atoms with Gasteiger partial charge in [0.05, 0.1) is 31.1 Å². The number of carbonyl (C=O) groups excluding carboxylic acids is 2. The Morgan fingerprint density at radius 3 is 2.54 bits per heavy atom. The number of pyridine rings is 1. The van der Waals surface area contributed by atoms with Crippen LogP contribution in [0.15, 0.2) is 54.2 Å².